The van der Waals surface area contributed by atoms with Gasteiger partial charge in [0.05, 0.1) is 12.1 Å². The zero-order valence-electron chi connectivity index (χ0n) is 9.69. The lowest BCUT2D eigenvalue weighted by Gasteiger charge is -2.21. The van der Waals surface area contributed by atoms with Gasteiger partial charge in [-0.1, -0.05) is 6.92 Å². The fraction of sp³-hybridized carbons (Fsp3) is 0.800. The number of hydrogen-bond donors (Lipinski definition) is 2. The van der Waals surface area contributed by atoms with Crippen LogP contribution in [0.1, 0.15) is 33.0 Å². The van der Waals surface area contributed by atoms with Crippen LogP contribution in [0.3, 0.4) is 0 Å². The zero-order chi connectivity index (χ0) is 11.3. The summed E-state index contributed by atoms with van der Waals surface area (Å²) in [6.07, 6.45) is 2.29. The fourth-order valence-electron chi connectivity index (χ4n) is 1.26. The minimum absolute atomic E-state index is 0.570. The van der Waals surface area contributed by atoms with Crippen molar-refractivity contribution in [3.63, 3.8) is 0 Å². The van der Waals surface area contributed by atoms with Crippen molar-refractivity contribution in [2.45, 2.75) is 45.9 Å². The number of nitrogens with one attached hydrogen (secondary N) is 1. The average molecular weight is 212 g/mol. The molecular formula is C10H20N4O. The Bertz CT molecular complexity index is 295. The van der Waals surface area contributed by atoms with Crippen molar-refractivity contribution in [3.05, 3.63) is 12.2 Å². The van der Waals surface area contributed by atoms with E-state index in [-0.39, 0.29) is 0 Å². The number of nitrogens with zero attached hydrogens (tertiary/aromatic N) is 3. The Morgan fingerprint density at radius 3 is 2.87 bits per heavy atom. The van der Waals surface area contributed by atoms with E-state index in [1.54, 1.807) is 6.33 Å². The van der Waals surface area contributed by atoms with Gasteiger partial charge in [0.25, 0.3) is 0 Å². The third-order valence-corrected chi connectivity index (χ3v) is 2.55. The molecule has 1 rings (SSSR count). The van der Waals surface area contributed by atoms with Crippen LogP contribution in [0.2, 0.25) is 0 Å². The van der Waals surface area contributed by atoms with E-state index >= 15 is 0 Å². The molecule has 0 aromatic carbocycles. The average Bonchev–Trinajstić information content (AvgIpc) is 2.65. The summed E-state index contributed by atoms with van der Waals surface area (Å²) < 4.78 is 1.84. The van der Waals surface area contributed by atoms with Crippen LogP contribution in [-0.2, 0) is 13.1 Å². The molecule has 0 saturated heterocycles. The molecule has 0 aliphatic rings. The highest BCUT2D eigenvalue weighted by Gasteiger charge is 2.16. The number of aliphatic hydroxyl groups is 1. The van der Waals surface area contributed by atoms with Gasteiger partial charge in [-0.3, -0.25) is 0 Å². The van der Waals surface area contributed by atoms with Crippen molar-refractivity contribution in [3.8, 4) is 0 Å². The van der Waals surface area contributed by atoms with E-state index in [0.717, 1.165) is 18.8 Å². The predicted octanol–water partition coefficient (Wildman–Crippen LogP) is 0.549. The maximum Gasteiger partial charge on any atom is 0.140 e. The van der Waals surface area contributed by atoms with Gasteiger partial charge in [-0.15, -0.1) is 0 Å². The summed E-state index contributed by atoms with van der Waals surface area (Å²) >= 11 is 0. The van der Waals surface area contributed by atoms with Crippen LogP contribution in [0.5, 0.6) is 0 Å². The Hall–Kier alpha value is -0.940. The van der Waals surface area contributed by atoms with Gasteiger partial charge < -0.3 is 10.4 Å². The molecule has 86 valence electrons. The maximum absolute atomic E-state index is 9.77. The molecule has 0 bridgehead atoms. The van der Waals surface area contributed by atoms with E-state index < -0.39 is 5.60 Å². The molecule has 0 aliphatic heterocycles. The molecule has 0 spiro atoms. The van der Waals surface area contributed by atoms with E-state index in [0.29, 0.717) is 13.1 Å². The summed E-state index contributed by atoms with van der Waals surface area (Å²) in [4.78, 5) is 4.14. The van der Waals surface area contributed by atoms with E-state index in [2.05, 4.69) is 15.4 Å². The maximum atomic E-state index is 9.77. The number of rotatable bonds is 6. The fourth-order valence-corrected chi connectivity index (χ4v) is 1.26. The molecule has 0 fully saturated rings. The molecule has 0 amide bonds. The third-order valence-electron chi connectivity index (χ3n) is 2.55. The number of aryl methyl sites for hydroxylation is 1. The first-order valence-corrected chi connectivity index (χ1v) is 5.39. The normalized spacial score (nSPS) is 15.2. The van der Waals surface area contributed by atoms with Crippen molar-refractivity contribution in [1.29, 1.82) is 0 Å². The van der Waals surface area contributed by atoms with Crippen LogP contribution in [0, 0.1) is 0 Å². The van der Waals surface area contributed by atoms with Crippen molar-refractivity contribution < 1.29 is 5.11 Å². The van der Waals surface area contributed by atoms with Crippen LogP contribution in [0.15, 0.2) is 6.33 Å². The predicted molar refractivity (Wildman–Crippen MR) is 58.3 cm³/mol. The second kappa shape index (κ2) is 5.23. The minimum atomic E-state index is -0.642. The van der Waals surface area contributed by atoms with Gasteiger partial charge in [0.1, 0.15) is 12.2 Å². The van der Waals surface area contributed by atoms with Crippen molar-refractivity contribution in [1.82, 2.24) is 20.1 Å². The van der Waals surface area contributed by atoms with E-state index in [9.17, 15) is 5.11 Å². The van der Waals surface area contributed by atoms with Gasteiger partial charge >= 0.3 is 0 Å². The topological polar surface area (TPSA) is 63.0 Å². The SMILES string of the molecule is CCn1ncnc1CNCC(C)(O)CC. The van der Waals surface area contributed by atoms with Crippen molar-refractivity contribution in [2.24, 2.45) is 0 Å². The number of hydrogen-bond acceptors (Lipinski definition) is 4. The molecule has 0 radical (unpaired) electrons. The standard InChI is InChI=1S/C10H20N4O/c1-4-10(3,15)7-11-6-9-12-8-13-14(9)5-2/h8,11,15H,4-7H2,1-3H3. The first-order chi connectivity index (χ1) is 7.09. The first-order valence-electron chi connectivity index (χ1n) is 5.39. The van der Waals surface area contributed by atoms with Crippen LogP contribution < -0.4 is 5.32 Å². The van der Waals surface area contributed by atoms with Crippen LogP contribution >= 0.6 is 0 Å². The second-order valence-electron chi connectivity index (χ2n) is 3.95. The molecule has 15 heavy (non-hydrogen) atoms. The molecule has 1 heterocycles. The Labute approximate surface area is 90.5 Å². The second-order valence-corrected chi connectivity index (χ2v) is 3.95. The molecule has 1 unspecified atom stereocenters. The molecule has 2 N–H and O–H groups in total. The Morgan fingerprint density at radius 1 is 1.53 bits per heavy atom. The number of aromatic nitrogens is 3. The van der Waals surface area contributed by atoms with Crippen LogP contribution in [-0.4, -0.2) is 32.0 Å². The largest absolute Gasteiger partial charge is 0.389 e. The molecule has 5 heteroatoms. The van der Waals surface area contributed by atoms with Gasteiger partial charge in [-0.05, 0) is 20.3 Å². The van der Waals surface area contributed by atoms with Gasteiger partial charge in [0.15, 0.2) is 0 Å². The van der Waals surface area contributed by atoms with E-state index in [4.69, 9.17) is 0 Å². The van der Waals surface area contributed by atoms with Crippen LogP contribution in [0.4, 0.5) is 0 Å². The lowest BCUT2D eigenvalue weighted by atomic mass is 10.0. The zero-order valence-corrected chi connectivity index (χ0v) is 9.69. The lowest BCUT2D eigenvalue weighted by molar-refractivity contribution is 0.0553. The highest BCUT2D eigenvalue weighted by atomic mass is 16.3. The van der Waals surface area contributed by atoms with Crippen molar-refractivity contribution >= 4 is 0 Å². The molecule has 0 aliphatic carbocycles. The monoisotopic (exact) mass is 212 g/mol. The van der Waals surface area contributed by atoms with Gasteiger partial charge in [0.2, 0.25) is 0 Å². The molecule has 5 nitrogen and oxygen atoms in total. The molecule has 0 saturated carbocycles. The third kappa shape index (κ3) is 3.60. The Kier molecular flexibility index (Phi) is 4.23. The molecule has 1 aromatic heterocycles. The summed E-state index contributed by atoms with van der Waals surface area (Å²) in [6.45, 7) is 7.85. The Morgan fingerprint density at radius 2 is 2.27 bits per heavy atom. The van der Waals surface area contributed by atoms with Gasteiger partial charge in [-0.25, -0.2) is 9.67 Å². The first kappa shape index (κ1) is 12.1. The highest BCUT2D eigenvalue weighted by Crippen LogP contribution is 2.06. The van der Waals surface area contributed by atoms with E-state index in [1.807, 2.05) is 25.5 Å². The van der Waals surface area contributed by atoms with Gasteiger partial charge in [-0.2, -0.15) is 5.10 Å². The minimum Gasteiger partial charge on any atom is -0.389 e. The van der Waals surface area contributed by atoms with Crippen molar-refractivity contribution in [2.75, 3.05) is 6.54 Å². The summed E-state index contributed by atoms with van der Waals surface area (Å²) in [5, 5.41) is 17.0. The summed E-state index contributed by atoms with van der Waals surface area (Å²) in [5.74, 6) is 0.907. The molecular weight excluding hydrogens is 192 g/mol. The van der Waals surface area contributed by atoms with Crippen LogP contribution in [0.25, 0.3) is 0 Å². The quantitative estimate of drug-likeness (QED) is 0.723. The highest BCUT2D eigenvalue weighted by molar-refractivity contribution is 4.84. The summed E-state index contributed by atoms with van der Waals surface area (Å²) in [7, 11) is 0. The molecule has 1 atom stereocenters. The van der Waals surface area contributed by atoms with E-state index in [1.165, 1.54) is 0 Å². The summed E-state index contributed by atoms with van der Waals surface area (Å²) in [5.41, 5.74) is -0.642. The summed E-state index contributed by atoms with van der Waals surface area (Å²) in [6, 6.07) is 0. The van der Waals surface area contributed by atoms with Gasteiger partial charge in [0, 0.05) is 13.1 Å². The lowest BCUT2D eigenvalue weighted by Crippen LogP contribution is -2.37. The molecule has 1 aromatic rings. The Balaban J connectivity index is 2.38. The smallest absolute Gasteiger partial charge is 0.140 e.